The topological polar surface area (TPSA) is 62.7 Å². The molecule has 2 heterocycles. The third kappa shape index (κ3) is 3.97. The van der Waals surface area contributed by atoms with Gasteiger partial charge in [-0.05, 0) is 32.9 Å². The number of nitrogens with zero attached hydrogens (tertiary/aromatic N) is 3. The summed E-state index contributed by atoms with van der Waals surface area (Å²) in [5.74, 6) is 0.539. The maximum atomic E-state index is 12.0. The first-order chi connectivity index (χ1) is 10.2. The first-order valence-electron chi connectivity index (χ1n) is 7.04. The maximum Gasteiger partial charge on any atom is 0.415 e. The van der Waals surface area contributed by atoms with E-state index < -0.39 is 11.7 Å². The highest BCUT2D eigenvalue weighted by Gasteiger charge is 2.29. The van der Waals surface area contributed by atoms with Crippen molar-refractivity contribution in [2.45, 2.75) is 37.6 Å². The first kappa shape index (κ1) is 16.7. The molecule has 22 heavy (non-hydrogen) atoms. The van der Waals surface area contributed by atoms with Crippen molar-refractivity contribution in [3.05, 3.63) is 18.3 Å². The second-order valence-electron chi connectivity index (χ2n) is 6.22. The first-order valence-corrected chi connectivity index (χ1v) is 7.96. The summed E-state index contributed by atoms with van der Waals surface area (Å²) >= 11 is 3.45. The number of anilines is 2. The van der Waals surface area contributed by atoms with E-state index in [0.717, 1.165) is 5.69 Å². The molecule has 2 rings (SSSR count). The van der Waals surface area contributed by atoms with E-state index in [-0.39, 0.29) is 10.7 Å². The number of carbonyl (C=O) groups excluding carboxylic acids is 2. The second-order valence-corrected chi connectivity index (χ2v) is 7.51. The largest absolute Gasteiger partial charge is 0.443 e. The summed E-state index contributed by atoms with van der Waals surface area (Å²) in [5.41, 5.74) is 0.172. The highest BCUT2D eigenvalue weighted by atomic mass is 79.9. The zero-order valence-electron chi connectivity index (χ0n) is 13.2. The molecular formula is C15H20BrN3O3. The van der Waals surface area contributed by atoms with Gasteiger partial charge in [0.25, 0.3) is 0 Å². The lowest BCUT2D eigenvalue weighted by Crippen LogP contribution is -2.34. The summed E-state index contributed by atoms with van der Waals surface area (Å²) in [5, 5.41) is 0. The van der Waals surface area contributed by atoms with Crippen LogP contribution in [-0.2, 0) is 9.53 Å². The molecule has 1 unspecified atom stereocenters. The van der Waals surface area contributed by atoms with Crippen molar-refractivity contribution in [3.63, 3.8) is 0 Å². The molecular weight excluding hydrogens is 350 g/mol. The monoisotopic (exact) mass is 369 g/mol. The maximum absolute atomic E-state index is 12.0. The van der Waals surface area contributed by atoms with Crippen molar-refractivity contribution in [2.75, 3.05) is 23.4 Å². The molecule has 1 aromatic rings. The Balaban J connectivity index is 2.08. The summed E-state index contributed by atoms with van der Waals surface area (Å²) in [6, 6.07) is 3.49. The lowest BCUT2D eigenvalue weighted by molar-refractivity contribution is -0.117. The van der Waals surface area contributed by atoms with Crippen LogP contribution < -0.4 is 9.80 Å². The van der Waals surface area contributed by atoms with Crippen LogP contribution in [0.25, 0.3) is 0 Å². The van der Waals surface area contributed by atoms with E-state index >= 15 is 0 Å². The molecule has 0 aromatic carbocycles. The van der Waals surface area contributed by atoms with Crippen LogP contribution in [0.4, 0.5) is 16.3 Å². The molecule has 0 bridgehead atoms. The molecule has 1 atom stereocenters. The summed E-state index contributed by atoms with van der Waals surface area (Å²) < 4.78 is 5.29. The third-order valence-corrected chi connectivity index (χ3v) is 3.75. The Kier molecular flexibility index (Phi) is 4.75. The summed E-state index contributed by atoms with van der Waals surface area (Å²) in [4.78, 5) is 31.3. The molecule has 1 aromatic heterocycles. The Labute approximate surface area is 138 Å². The fourth-order valence-corrected chi connectivity index (χ4v) is 2.64. The number of rotatable bonds is 2. The van der Waals surface area contributed by atoms with Gasteiger partial charge in [0, 0.05) is 24.8 Å². The minimum atomic E-state index is -0.557. The summed E-state index contributed by atoms with van der Waals surface area (Å²) in [6.45, 7) is 6.06. The van der Waals surface area contributed by atoms with Gasteiger partial charge in [-0.1, -0.05) is 15.9 Å². The van der Waals surface area contributed by atoms with Crippen molar-refractivity contribution in [1.82, 2.24) is 4.98 Å². The lowest BCUT2D eigenvalue weighted by atomic mass is 10.2. The number of hydrogen-bond acceptors (Lipinski definition) is 4. The van der Waals surface area contributed by atoms with Gasteiger partial charge in [0.2, 0.25) is 5.91 Å². The molecule has 1 aliphatic heterocycles. The minimum absolute atomic E-state index is 0.0666. The summed E-state index contributed by atoms with van der Waals surface area (Å²) in [6.07, 6.45) is 1.61. The van der Waals surface area contributed by atoms with Gasteiger partial charge in [-0.2, -0.15) is 0 Å². The molecule has 2 amide bonds. The molecule has 1 fully saturated rings. The number of halogens is 1. The van der Waals surface area contributed by atoms with Crippen molar-refractivity contribution in [3.8, 4) is 0 Å². The third-order valence-electron chi connectivity index (χ3n) is 3.13. The van der Waals surface area contributed by atoms with Gasteiger partial charge in [0.05, 0.1) is 11.9 Å². The molecule has 0 N–H and O–H groups in total. The van der Waals surface area contributed by atoms with Crippen LogP contribution in [0.3, 0.4) is 0 Å². The molecule has 6 nitrogen and oxygen atoms in total. The van der Waals surface area contributed by atoms with Crippen molar-refractivity contribution in [1.29, 1.82) is 0 Å². The number of alkyl halides is 1. The highest BCUT2D eigenvalue weighted by Crippen LogP contribution is 2.26. The van der Waals surface area contributed by atoms with E-state index in [0.29, 0.717) is 18.8 Å². The molecule has 1 saturated heterocycles. The van der Waals surface area contributed by atoms with E-state index in [2.05, 4.69) is 20.9 Å². The standard InChI is InChI=1S/C15H20BrN3O3/c1-15(2,3)22-14(21)18(4)12-6-5-11(8-17-12)19-9-10(16)7-13(19)20/h5-6,8,10H,7,9H2,1-4H3. The fourth-order valence-electron chi connectivity index (χ4n) is 2.07. The van der Waals surface area contributed by atoms with Gasteiger partial charge in [-0.25, -0.2) is 9.78 Å². The number of pyridine rings is 1. The van der Waals surface area contributed by atoms with Crippen molar-refractivity contribution >= 4 is 39.4 Å². The van der Waals surface area contributed by atoms with Crippen LogP contribution in [0.2, 0.25) is 0 Å². The van der Waals surface area contributed by atoms with Crippen molar-refractivity contribution in [2.24, 2.45) is 0 Å². The zero-order valence-corrected chi connectivity index (χ0v) is 14.8. The van der Waals surface area contributed by atoms with Crippen LogP contribution in [-0.4, -0.2) is 41.0 Å². The molecule has 7 heteroatoms. The van der Waals surface area contributed by atoms with Crippen LogP contribution in [0, 0.1) is 0 Å². The number of carbonyl (C=O) groups is 2. The van der Waals surface area contributed by atoms with E-state index in [1.54, 1.807) is 30.3 Å². The smallest absolute Gasteiger partial charge is 0.415 e. The van der Waals surface area contributed by atoms with Crippen LogP contribution >= 0.6 is 15.9 Å². The van der Waals surface area contributed by atoms with Gasteiger partial charge in [0.15, 0.2) is 0 Å². The number of ether oxygens (including phenoxy) is 1. The average molecular weight is 370 g/mol. The van der Waals surface area contributed by atoms with E-state index in [9.17, 15) is 9.59 Å². The fraction of sp³-hybridized carbons (Fsp3) is 0.533. The number of aromatic nitrogens is 1. The minimum Gasteiger partial charge on any atom is -0.443 e. The SMILES string of the molecule is CN(C(=O)OC(C)(C)C)c1ccc(N2CC(Br)CC2=O)cn1. The predicted molar refractivity (Wildman–Crippen MR) is 88.6 cm³/mol. The Morgan fingerprint density at radius 1 is 1.45 bits per heavy atom. The molecule has 120 valence electrons. The normalized spacial score (nSPS) is 18.5. The van der Waals surface area contributed by atoms with Crippen molar-refractivity contribution < 1.29 is 14.3 Å². The second kappa shape index (κ2) is 6.24. The van der Waals surface area contributed by atoms with Crippen LogP contribution in [0.5, 0.6) is 0 Å². The van der Waals surface area contributed by atoms with Gasteiger partial charge in [-0.3, -0.25) is 9.69 Å². The summed E-state index contributed by atoms with van der Waals surface area (Å²) in [7, 11) is 1.60. The number of amides is 2. The molecule has 0 aliphatic carbocycles. The van der Waals surface area contributed by atoms with Gasteiger partial charge >= 0.3 is 6.09 Å². The average Bonchev–Trinajstić information content (AvgIpc) is 2.75. The Morgan fingerprint density at radius 3 is 2.59 bits per heavy atom. The van der Waals surface area contributed by atoms with Crippen LogP contribution in [0.1, 0.15) is 27.2 Å². The molecule has 0 radical (unpaired) electrons. The lowest BCUT2D eigenvalue weighted by Gasteiger charge is -2.24. The molecule has 1 aliphatic rings. The Hall–Kier alpha value is -1.63. The zero-order chi connectivity index (χ0) is 16.5. The Morgan fingerprint density at radius 2 is 2.14 bits per heavy atom. The van der Waals surface area contributed by atoms with E-state index in [4.69, 9.17) is 4.74 Å². The van der Waals surface area contributed by atoms with Gasteiger partial charge in [0.1, 0.15) is 11.4 Å². The van der Waals surface area contributed by atoms with E-state index in [1.807, 2.05) is 20.8 Å². The predicted octanol–water partition coefficient (Wildman–Crippen LogP) is 2.95. The van der Waals surface area contributed by atoms with Crippen LogP contribution in [0.15, 0.2) is 18.3 Å². The molecule has 0 saturated carbocycles. The highest BCUT2D eigenvalue weighted by molar-refractivity contribution is 9.09. The molecule has 0 spiro atoms. The quantitative estimate of drug-likeness (QED) is 0.751. The van der Waals surface area contributed by atoms with Gasteiger partial charge in [-0.15, -0.1) is 0 Å². The number of hydrogen-bond donors (Lipinski definition) is 0. The Bertz CT molecular complexity index is 568. The van der Waals surface area contributed by atoms with E-state index in [1.165, 1.54) is 4.90 Å². The van der Waals surface area contributed by atoms with Gasteiger partial charge < -0.3 is 9.64 Å².